The van der Waals surface area contributed by atoms with Crippen molar-refractivity contribution in [1.82, 2.24) is 15.2 Å². The second-order valence-corrected chi connectivity index (χ2v) is 7.26. The third-order valence-electron chi connectivity index (χ3n) is 5.39. The van der Waals surface area contributed by atoms with Crippen molar-refractivity contribution in [3.05, 3.63) is 30.2 Å². The van der Waals surface area contributed by atoms with E-state index in [4.69, 9.17) is 4.42 Å². The number of para-hydroxylation sites is 2. The Morgan fingerprint density at radius 1 is 1.20 bits per heavy atom. The van der Waals surface area contributed by atoms with Gasteiger partial charge in [-0.1, -0.05) is 12.1 Å². The molecule has 25 heavy (non-hydrogen) atoms. The van der Waals surface area contributed by atoms with Crippen molar-refractivity contribution in [3.8, 4) is 0 Å². The molecule has 4 rings (SSSR count). The van der Waals surface area contributed by atoms with E-state index in [2.05, 4.69) is 10.3 Å². The summed E-state index contributed by atoms with van der Waals surface area (Å²) in [5.74, 6) is 0.888. The average Bonchev–Trinajstić information content (AvgIpc) is 3.08. The minimum atomic E-state index is -0.202. The van der Waals surface area contributed by atoms with Crippen molar-refractivity contribution in [2.75, 3.05) is 13.1 Å². The van der Waals surface area contributed by atoms with Crippen molar-refractivity contribution in [2.45, 2.75) is 56.6 Å². The van der Waals surface area contributed by atoms with Gasteiger partial charge in [0.2, 0.25) is 0 Å². The Hall–Kier alpha value is -2.08. The molecule has 1 aromatic carbocycles. The summed E-state index contributed by atoms with van der Waals surface area (Å²) in [5.41, 5.74) is 1.68. The van der Waals surface area contributed by atoms with E-state index in [0.29, 0.717) is 6.54 Å². The van der Waals surface area contributed by atoms with Gasteiger partial charge in [-0.25, -0.2) is 9.78 Å². The van der Waals surface area contributed by atoms with Crippen LogP contribution in [0, 0.1) is 0 Å². The predicted molar refractivity (Wildman–Crippen MR) is 94.4 cm³/mol. The Balaban J connectivity index is 1.39. The molecule has 1 aliphatic carbocycles. The van der Waals surface area contributed by atoms with Crippen LogP contribution in [0.15, 0.2) is 28.7 Å². The normalized spacial score (nSPS) is 27.4. The number of aliphatic hydroxyl groups is 1. The molecule has 6 heteroatoms. The standard InChI is InChI=1S/C19H25N3O3/c23-15-9-7-14(8-10-15)20-19(24)22-11-3-4-13(12-22)18-21-16-5-1-2-6-17(16)25-18/h1-2,5-6,13-15,23H,3-4,7-12H2,(H,20,24). The average molecular weight is 343 g/mol. The zero-order valence-corrected chi connectivity index (χ0v) is 14.4. The number of amides is 2. The van der Waals surface area contributed by atoms with E-state index in [1.165, 1.54) is 0 Å². The molecule has 6 nitrogen and oxygen atoms in total. The number of aliphatic hydroxyl groups excluding tert-OH is 1. The molecule has 1 aliphatic heterocycles. The van der Waals surface area contributed by atoms with E-state index in [1.54, 1.807) is 0 Å². The first-order valence-corrected chi connectivity index (χ1v) is 9.28. The van der Waals surface area contributed by atoms with Crippen molar-refractivity contribution in [2.24, 2.45) is 0 Å². The minimum absolute atomic E-state index is 0.00204. The molecule has 2 heterocycles. The largest absolute Gasteiger partial charge is 0.440 e. The number of hydrogen-bond acceptors (Lipinski definition) is 4. The Bertz CT molecular complexity index is 703. The fourth-order valence-corrected chi connectivity index (χ4v) is 3.91. The first kappa shape index (κ1) is 16.4. The number of fused-ring (bicyclic) bond motifs is 1. The molecule has 1 saturated carbocycles. The molecule has 1 atom stereocenters. The molecule has 0 bridgehead atoms. The summed E-state index contributed by atoms with van der Waals surface area (Å²) >= 11 is 0. The van der Waals surface area contributed by atoms with Gasteiger partial charge in [0.15, 0.2) is 11.5 Å². The number of carbonyl (C=O) groups is 1. The first-order valence-electron chi connectivity index (χ1n) is 9.28. The summed E-state index contributed by atoms with van der Waals surface area (Å²) < 4.78 is 5.90. The molecule has 0 spiro atoms. The lowest BCUT2D eigenvalue weighted by Gasteiger charge is -2.34. The smallest absolute Gasteiger partial charge is 0.317 e. The second-order valence-electron chi connectivity index (χ2n) is 7.26. The Morgan fingerprint density at radius 3 is 2.80 bits per heavy atom. The minimum Gasteiger partial charge on any atom is -0.440 e. The van der Waals surface area contributed by atoms with Crippen LogP contribution in [0.5, 0.6) is 0 Å². The molecule has 2 fully saturated rings. The number of benzene rings is 1. The summed E-state index contributed by atoms with van der Waals surface area (Å²) in [5, 5.41) is 12.7. The highest BCUT2D eigenvalue weighted by Crippen LogP contribution is 2.29. The molecule has 2 aromatic rings. The maximum atomic E-state index is 12.6. The van der Waals surface area contributed by atoms with E-state index in [1.807, 2.05) is 29.2 Å². The number of aromatic nitrogens is 1. The molecular weight excluding hydrogens is 318 g/mol. The lowest BCUT2D eigenvalue weighted by Crippen LogP contribution is -2.49. The zero-order chi connectivity index (χ0) is 17.2. The van der Waals surface area contributed by atoms with Gasteiger partial charge in [-0.3, -0.25) is 0 Å². The molecule has 2 N–H and O–H groups in total. The third-order valence-corrected chi connectivity index (χ3v) is 5.39. The number of nitrogens with one attached hydrogen (secondary N) is 1. The summed E-state index contributed by atoms with van der Waals surface area (Å²) in [6, 6.07) is 7.96. The quantitative estimate of drug-likeness (QED) is 0.878. The van der Waals surface area contributed by atoms with Gasteiger partial charge in [-0.15, -0.1) is 0 Å². The van der Waals surface area contributed by atoms with Crippen LogP contribution in [-0.4, -0.2) is 46.3 Å². The molecular formula is C19H25N3O3. The van der Waals surface area contributed by atoms with Crippen molar-refractivity contribution < 1.29 is 14.3 Å². The van der Waals surface area contributed by atoms with E-state index < -0.39 is 0 Å². The molecule has 2 aliphatic rings. The summed E-state index contributed by atoms with van der Waals surface area (Å²) in [4.78, 5) is 19.1. The van der Waals surface area contributed by atoms with Gasteiger partial charge in [-0.05, 0) is 50.7 Å². The maximum Gasteiger partial charge on any atom is 0.317 e. The zero-order valence-electron chi connectivity index (χ0n) is 14.4. The van der Waals surface area contributed by atoms with Gasteiger partial charge < -0.3 is 19.7 Å². The van der Waals surface area contributed by atoms with E-state index in [-0.39, 0.29) is 24.1 Å². The number of rotatable bonds is 2. The van der Waals surface area contributed by atoms with Crippen LogP contribution < -0.4 is 5.32 Å². The van der Waals surface area contributed by atoms with Gasteiger partial charge >= 0.3 is 6.03 Å². The van der Waals surface area contributed by atoms with E-state index in [9.17, 15) is 9.90 Å². The number of nitrogens with zero attached hydrogens (tertiary/aromatic N) is 2. The molecule has 0 radical (unpaired) electrons. The Labute approximate surface area is 147 Å². The first-order chi connectivity index (χ1) is 12.2. The molecule has 1 aromatic heterocycles. The lowest BCUT2D eigenvalue weighted by molar-refractivity contribution is 0.113. The van der Waals surface area contributed by atoms with Crippen molar-refractivity contribution >= 4 is 17.1 Å². The Kier molecular flexibility index (Phi) is 4.61. The van der Waals surface area contributed by atoms with Crippen LogP contribution in [0.25, 0.3) is 11.1 Å². The van der Waals surface area contributed by atoms with Crippen LogP contribution in [0.2, 0.25) is 0 Å². The van der Waals surface area contributed by atoms with E-state index in [0.717, 1.165) is 62.1 Å². The van der Waals surface area contributed by atoms with Gasteiger partial charge in [0.25, 0.3) is 0 Å². The fourth-order valence-electron chi connectivity index (χ4n) is 3.91. The predicted octanol–water partition coefficient (Wildman–Crippen LogP) is 3.02. The number of hydrogen-bond donors (Lipinski definition) is 2. The van der Waals surface area contributed by atoms with Gasteiger partial charge in [-0.2, -0.15) is 0 Å². The van der Waals surface area contributed by atoms with Gasteiger partial charge in [0.05, 0.1) is 12.0 Å². The highest BCUT2D eigenvalue weighted by Gasteiger charge is 2.29. The molecule has 134 valence electrons. The monoisotopic (exact) mass is 343 g/mol. The summed E-state index contributed by atoms with van der Waals surface area (Å²) in [6.45, 7) is 1.42. The number of piperidine rings is 1. The highest BCUT2D eigenvalue weighted by molar-refractivity contribution is 5.75. The number of carbonyl (C=O) groups excluding carboxylic acids is 1. The van der Waals surface area contributed by atoms with Crippen LogP contribution in [0.4, 0.5) is 4.79 Å². The number of likely N-dealkylation sites (tertiary alicyclic amines) is 1. The van der Waals surface area contributed by atoms with Crippen molar-refractivity contribution in [1.29, 1.82) is 0 Å². The maximum absolute atomic E-state index is 12.6. The summed E-state index contributed by atoms with van der Waals surface area (Å²) in [6.07, 6.45) is 5.01. The highest BCUT2D eigenvalue weighted by atomic mass is 16.3. The van der Waals surface area contributed by atoms with Crippen molar-refractivity contribution in [3.63, 3.8) is 0 Å². The third kappa shape index (κ3) is 3.63. The van der Waals surface area contributed by atoms with Crippen LogP contribution in [0.3, 0.4) is 0 Å². The SMILES string of the molecule is O=C(NC1CCC(O)CC1)N1CCCC(c2nc3ccccc3o2)C1. The summed E-state index contributed by atoms with van der Waals surface area (Å²) in [7, 11) is 0. The van der Waals surface area contributed by atoms with Crippen LogP contribution >= 0.6 is 0 Å². The Morgan fingerprint density at radius 2 is 2.00 bits per heavy atom. The fraction of sp³-hybridized carbons (Fsp3) is 0.579. The van der Waals surface area contributed by atoms with Crippen LogP contribution in [-0.2, 0) is 0 Å². The number of oxazole rings is 1. The van der Waals surface area contributed by atoms with Gasteiger partial charge in [0, 0.05) is 19.1 Å². The number of urea groups is 1. The molecule has 1 unspecified atom stereocenters. The van der Waals surface area contributed by atoms with Crippen LogP contribution in [0.1, 0.15) is 50.3 Å². The second kappa shape index (κ2) is 7.04. The van der Waals surface area contributed by atoms with E-state index >= 15 is 0 Å². The van der Waals surface area contributed by atoms with Gasteiger partial charge in [0.1, 0.15) is 5.52 Å². The lowest BCUT2D eigenvalue weighted by atomic mass is 9.93. The topological polar surface area (TPSA) is 78.6 Å². The molecule has 1 saturated heterocycles. The molecule has 2 amide bonds.